The van der Waals surface area contributed by atoms with Crippen LogP contribution in [-0.4, -0.2) is 19.0 Å². The zero-order valence-corrected chi connectivity index (χ0v) is 12.5. The summed E-state index contributed by atoms with van der Waals surface area (Å²) >= 11 is 0. The Balaban J connectivity index is 1.68. The Bertz CT molecular complexity index is 516. The highest BCUT2D eigenvalue weighted by Crippen LogP contribution is 2.60. The maximum absolute atomic E-state index is 12.5. The molecular weight excluding hydrogens is 248 g/mol. The topological polar surface area (TPSA) is 41.1 Å². The molecule has 1 aromatic rings. The first kappa shape index (κ1) is 13.5. The Labute approximate surface area is 121 Å². The Morgan fingerprint density at radius 3 is 2.70 bits per heavy atom. The number of carbonyl (C=O) groups excluding carboxylic acids is 1. The number of amides is 1. The molecule has 2 aliphatic carbocycles. The van der Waals surface area contributed by atoms with Gasteiger partial charge in [0.15, 0.2) is 0 Å². The highest BCUT2D eigenvalue weighted by atomic mass is 16.1. The third-order valence-corrected chi connectivity index (χ3v) is 4.72. The van der Waals surface area contributed by atoms with Gasteiger partial charge in [0.2, 0.25) is 0 Å². The molecule has 2 fully saturated rings. The maximum Gasteiger partial charge on any atom is 0.253 e. The van der Waals surface area contributed by atoms with Crippen LogP contribution in [0.3, 0.4) is 0 Å². The smallest absolute Gasteiger partial charge is 0.253 e. The molecule has 0 aliphatic heterocycles. The molecule has 0 spiro atoms. The van der Waals surface area contributed by atoms with Gasteiger partial charge in [0.1, 0.15) is 0 Å². The molecule has 2 saturated carbocycles. The molecule has 0 unspecified atom stereocenters. The first-order chi connectivity index (χ1) is 9.64. The standard InChI is InChI=1S/C17H24N2O/c1-3-18-15-7-4-12(2)10-14(15)16(20)19-11-17(8-9-17)13-5-6-13/h4,7,10,13,18H,3,5-6,8-9,11H2,1-2H3,(H,19,20). The predicted octanol–water partition coefficient (Wildman–Crippen LogP) is 3.35. The number of hydrogen-bond acceptors (Lipinski definition) is 2. The summed E-state index contributed by atoms with van der Waals surface area (Å²) in [4.78, 5) is 12.5. The summed E-state index contributed by atoms with van der Waals surface area (Å²) in [5.41, 5.74) is 3.29. The molecule has 108 valence electrons. The lowest BCUT2D eigenvalue weighted by Gasteiger charge is -2.17. The molecule has 0 atom stereocenters. The van der Waals surface area contributed by atoms with Crippen LogP contribution in [0.1, 0.15) is 48.5 Å². The van der Waals surface area contributed by atoms with Crippen LogP contribution in [-0.2, 0) is 0 Å². The van der Waals surface area contributed by atoms with Crippen LogP contribution >= 0.6 is 0 Å². The molecule has 3 nitrogen and oxygen atoms in total. The van der Waals surface area contributed by atoms with E-state index in [1.165, 1.54) is 25.7 Å². The van der Waals surface area contributed by atoms with Crippen molar-refractivity contribution in [3.05, 3.63) is 29.3 Å². The fraction of sp³-hybridized carbons (Fsp3) is 0.588. The Morgan fingerprint density at radius 1 is 1.35 bits per heavy atom. The van der Waals surface area contributed by atoms with Crippen molar-refractivity contribution in [1.29, 1.82) is 0 Å². The van der Waals surface area contributed by atoms with Crippen LogP contribution in [0, 0.1) is 18.3 Å². The SMILES string of the molecule is CCNc1ccc(C)cc1C(=O)NCC1(C2CC2)CC1. The van der Waals surface area contributed by atoms with E-state index in [0.717, 1.165) is 35.8 Å². The molecule has 0 saturated heterocycles. The van der Waals surface area contributed by atoms with E-state index in [4.69, 9.17) is 0 Å². The van der Waals surface area contributed by atoms with Crippen LogP contribution < -0.4 is 10.6 Å². The monoisotopic (exact) mass is 272 g/mol. The van der Waals surface area contributed by atoms with Gasteiger partial charge in [-0.1, -0.05) is 11.6 Å². The lowest BCUT2D eigenvalue weighted by atomic mass is 10.0. The van der Waals surface area contributed by atoms with E-state index in [2.05, 4.69) is 10.6 Å². The van der Waals surface area contributed by atoms with E-state index in [-0.39, 0.29) is 5.91 Å². The average Bonchev–Trinajstić information content (AvgIpc) is 3.29. The molecule has 1 aromatic carbocycles. The summed E-state index contributed by atoms with van der Waals surface area (Å²) in [5.74, 6) is 0.949. The summed E-state index contributed by atoms with van der Waals surface area (Å²) in [6.45, 7) is 5.76. The Kier molecular flexibility index (Phi) is 3.45. The second-order valence-corrected chi connectivity index (χ2v) is 6.40. The van der Waals surface area contributed by atoms with Crippen molar-refractivity contribution in [3.63, 3.8) is 0 Å². The highest BCUT2D eigenvalue weighted by molar-refractivity contribution is 5.99. The molecule has 2 aliphatic rings. The second-order valence-electron chi connectivity index (χ2n) is 6.40. The van der Waals surface area contributed by atoms with Gasteiger partial charge in [0.25, 0.3) is 5.91 Å². The van der Waals surface area contributed by atoms with Crippen molar-refractivity contribution in [2.75, 3.05) is 18.4 Å². The van der Waals surface area contributed by atoms with E-state index in [0.29, 0.717) is 5.41 Å². The van der Waals surface area contributed by atoms with E-state index < -0.39 is 0 Å². The van der Waals surface area contributed by atoms with Gasteiger partial charge in [-0.2, -0.15) is 0 Å². The number of carbonyl (C=O) groups is 1. The van der Waals surface area contributed by atoms with Gasteiger partial charge in [-0.05, 0) is 63.0 Å². The number of aryl methyl sites for hydroxylation is 1. The largest absolute Gasteiger partial charge is 0.385 e. The predicted molar refractivity (Wildman–Crippen MR) is 82.1 cm³/mol. The Morgan fingerprint density at radius 2 is 2.10 bits per heavy atom. The first-order valence-electron chi connectivity index (χ1n) is 7.77. The third-order valence-electron chi connectivity index (χ3n) is 4.72. The second kappa shape index (κ2) is 5.12. The molecular formula is C17H24N2O. The molecule has 0 aromatic heterocycles. The number of rotatable bonds is 6. The third kappa shape index (κ3) is 2.67. The van der Waals surface area contributed by atoms with Crippen molar-refractivity contribution >= 4 is 11.6 Å². The fourth-order valence-electron chi connectivity index (χ4n) is 3.13. The van der Waals surface area contributed by atoms with E-state index in [1.54, 1.807) is 0 Å². The van der Waals surface area contributed by atoms with Crippen LogP contribution in [0.25, 0.3) is 0 Å². The van der Waals surface area contributed by atoms with Gasteiger partial charge in [-0.3, -0.25) is 4.79 Å². The van der Waals surface area contributed by atoms with Gasteiger partial charge < -0.3 is 10.6 Å². The normalized spacial score (nSPS) is 19.5. The number of hydrogen-bond donors (Lipinski definition) is 2. The van der Waals surface area contributed by atoms with Crippen LogP contribution in [0.2, 0.25) is 0 Å². The number of nitrogens with one attached hydrogen (secondary N) is 2. The molecule has 20 heavy (non-hydrogen) atoms. The van der Waals surface area contributed by atoms with E-state index in [1.807, 2.05) is 32.0 Å². The lowest BCUT2D eigenvalue weighted by Crippen LogP contribution is -2.31. The summed E-state index contributed by atoms with van der Waals surface area (Å²) < 4.78 is 0. The quantitative estimate of drug-likeness (QED) is 0.834. The molecule has 0 bridgehead atoms. The van der Waals surface area contributed by atoms with Gasteiger partial charge >= 0.3 is 0 Å². The molecule has 3 rings (SSSR count). The minimum atomic E-state index is 0.0663. The minimum Gasteiger partial charge on any atom is -0.385 e. The van der Waals surface area contributed by atoms with Gasteiger partial charge in [0, 0.05) is 18.8 Å². The molecule has 0 radical (unpaired) electrons. The van der Waals surface area contributed by atoms with Crippen LogP contribution in [0.4, 0.5) is 5.69 Å². The molecule has 0 heterocycles. The summed E-state index contributed by atoms with van der Waals surface area (Å²) in [6.07, 6.45) is 5.32. The molecule has 3 heteroatoms. The minimum absolute atomic E-state index is 0.0663. The van der Waals surface area contributed by atoms with Crippen molar-refractivity contribution in [1.82, 2.24) is 5.32 Å². The van der Waals surface area contributed by atoms with Crippen molar-refractivity contribution in [3.8, 4) is 0 Å². The van der Waals surface area contributed by atoms with Crippen molar-refractivity contribution in [2.45, 2.75) is 39.5 Å². The van der Waals surface area contributed by atoms with Gasteiger partial charge in [0.05, 0.1) is 5.56 Å². The summed E-state index contributed by atoms with van der Waals surface area (Å²) in [7, 11) is 0. The van der Waals surface area contributed by atoms with Gasteiger partial charge in [-0.15, -0.1) is 0 Å². The average molecular weight is 272 g/mol. The summed E-state index contributed by atoms with van der Waals surface area (Å²) in [5, 5.41) is 6.44. The van der Waals surface area contributed by atoms with E-state index >= 15 is 0 Å². The molecule has 2 N–H and O–H groups in total. The Hall–Kier alpha value is -1.51. The number of anilines is 1. The zero-order valence-electron chi connectivity index (χ0n) is 12.5. The van der Waals surface area contributed by atoms with Crippen LogP contribution in [0.5, 0.6) is 0 Å². The van der Waals surface area contributed by atoms with Crippen LogP contribution in [0.15, 0.2) is 18.2 Å². The number of benzene rings is 1. The lowest BCUT2D eigenvalue weighted by molar-refractivity contribution is 0.0943. The summed E-state index contributed by atoms with van der Waals surface area (Å²) in [6, 6.07) is 6.02. The van der Waals surface area contributed by atoms with Crippen molar-refractivity contribution < 1.29 is 4.79 Å². The van der Waals surface area contributed by atoms with E-state index in [9.17, 15) is 4.79 Å². The first-order valence-corrected chi connectivity index (χ1v) is 7.77. The maximum atomic E-state index is 12.5. The highest BCUT2D eigenvalue weighted by Gasteiger charge is 2.53. The molecule has 1 amide bonds. The fourth-order valence-corrected chi connectivity index (χ4v) is 3.13. The van der Waals surface area contributed by atoms with Gasteiger partial charge in [-0.25, -0.2) is 0 Å². The van der Waals surface area contributed by atoms with Crippen molar-refractivity contribution in [2.24, 2.45) is 11.3 Å². The zero-order chi connectivity index (χ0) is 14.2.